The maximum atomic E-state index is 12.4. The van der Waals surface area contributed by atoms with Gasteiger partial charge in [0.2, 0.25) is 5.91 Å². The molecule has 6 heteroatoms. The van der Waals surface area contributed by atoms with Crippen molar-refractivity contribution in [2.75, 3.05) is 6.61 Å². The second-order valence-corrected chi connectivity index (χ2v) is 13.3. The molecule has 0 aromatic heterocycles. The van der Waals surface area contributed by atoms with Crippen molar-refractivity contribution in [2.24, 2.45) is 0 Å². The first-order valence-corrected chi connectivity index (χ1v) is 19.4. The summed E-state index contributed by atoms with van der Waals surface area (Å²) in [5.74, 6) is -0.609. The van der Waals surface area contributed by atoms with Gasteiger partial charge in [-0.2, -0.15) is 0 Å². The lowest BCUT2D eigenvalue weighted by molar-refractivity contribution is -0.132. The van der Waals surface area contributed by atoms with E-state index in [2.05, 4.69) is 55.6 Å². The van der Waals surface area contributed by atoms with Crippen LogP contribution in [0.3, 0.4) is 0 Å². The quantitative estimate of drug-likeness (QED) is 0.0352. The van der Waals surface area contributed by atoms with E-state index >= 15 is 0 Å². The SMILES string of the molecule is CCCCCCCC/C=C/CC/C=C/CCCC(O)C(O)C(CO)NC(=O)C(O)CCCCCC/C=C\CCCCCCCCC. The summed E-state index contributed by atoms with van der Waals surface area (Å²) in [6.45, 7) is 3.99. The molecule has 0 saturated heterocycles. The van der Waals surface area contributed by atoms with Crippen LogP contribution >= 0.6 is 0 Å². The van der Waals surface area contributed by atoms with Crippen molar-refractivity contribution in [2.45, 2.75) is 205 Å². The van der Waals surface area contributed by atoms with Crippen molar-refractivity contribution in [3.63, 3.8) is 0 Å². The molecule has 46 heavy (non-hydrogen) atoms. The number of carbonyl (C=O) groups excluding carboxylic acids is 1. The van der Waals surface area contributed by atoms with E-state index in [0.717, 1.165) is 51.4 Å². The Balaban J connectivity index is 3.90. The number of unbranched alkanes of at least 4 members (excludes halogenated alkanes) is 19. The molecule has 0 radical (unpaired) electrons. The lowest BCUT2D eigenvalue weighted by Gasteiger charge is -2.27. The van der Waals surface area contributed by atoms with Crippen molar-refractivity contribution >= 4 is 5.91 Å². The van der Waals surface area contributed by atoms with Crippen LogP contribution in [0.4, 0.5) is 0 Å². The highest BCUT2D eigenvalue weighted by molar-refractivity contribution is 5.80. The number of hydrogen-bond acceptors (Lipinski definition) is 5. The maximum absolute atomic E-state index is 12.4. The van der Waals surface area contributed by atoms with Crippen molar-refractivity contribution in [1.29, 1.82) is 0 Å². The Bertz CT molecular complexity index is 737. The minimum Gasteiger partial charge on any atom is -0.394 e. The molecule has 0 aliphatic heterocycles. The minimum absolute atomic E-state index is 0.345. The second-order valence-electron chi connectivity index (χ2n) is 13.3. The van der Waals surface area contributed by atoms with Gasteiger partial charge in [-0.05, 0) is 77.0 Å². The van der Waals surface area contributed by atoms with E-state index in [0.29, 0.717) is 19.3 Å². The summed E-state index contributed by atoms with van der Waals surface area (Å²) in [6.07, 6.45) is 38.8. The third-order valence-electron chi connectivity index (χ3n) is 8.80. The molecular formula is C40H75NO5. The largest absolute Gasteiger partial charge is 0.394 e. The van der Waals surface area contributed by atoms with E-state index in [4.69, 9.17) is 0 Å². The molecule has 4 atom stereocenters. The summed E-state index contributed by atoms with van der Waals surface area (Å²) in [5.41, 5.74) is 0. The first kappa shape index (κ1) is 44.5. The molecule has 0 bridgehead atoms. The predicted octanol–water partition coefficient (Wildman–Crippen LogP) is 9.40. The standard InChI is InChI=1S/C40H75NO5/c1-3-5-7-9-11-13-15-17-19-21-23-25-27-29-31-33-37(43)39(45)36(35-42)41-40(46)38(44)34-32-30-28-26-24-22-20-18-16-14-12-10-8-6-4-2/h17,19-20,22,25,27,36-39,42-45H,3-16,18,21,23-24,26,28-35H2,1-2H3,(H,41,46)/b19-17+,22-20-,27-25+. The van der Waals surface area contributed by atoms with Gasteiger partial charge in [0.25, 0.3) is 0 Å². The molecule has 4 unspecified atom stereocenters. The van der Waals surface area contributed by atoms with E-state index in [9.17, 15) is 25.2 Å². The molecule has 0 spiro atoms. The van der Waals surface area contributed by atoms with E-state index in [1.807, 2.05) is 0 Å². The van der Waals surface area contributed by atoms with Gasteiger partial charge in [0, 0.05) is 0 Å². The van der Waals surface area contributed by atoms with E-state index < -0.39 is 36.9 Å². The van der Waals surface area contributed by atoms with E-state index in [1.165, 1.54) is 96.3 Å². The number of aliphatic hydroxyl groups excluding tert-OH is 4. The van der Waals surface area contributed by atoms with Crippen molar-refractivity contribution < 1.29 is 25.2 Å². The predicted molar refractivity (Wildman–Crippen MR) is 196 cm³/mol. The van der Waals surface area contributed by atoms with Crippen molar-refractivity contribution in [1.82, 2.24) is 5.32 Å². The number of aliphatic hydroxyl groups is 4. The molecule has 6 nitrogen and oxygen atoms in total. The molecule has 0 aromatic carbocycles. The fourth-order valence-electron chi connectivity index (χ4n) is 5.65. The highest BCUT2D eigenvalue weighted by Gasteiger charge is 2.28. The molecule has 0 rings (SSSR count). The first-order chi connectivity index (χ1) is 22.5. The fraction of sp³-hybridized carbons (Fsp3) is 0.825. The van der Waals surface area contributed by atoms with Crippen molar-refractivity contribution in [3.8, 4) is 0 Å². The Kier molecular flexibility index (Phi) is 33.7. The molecule has 0 aromatic rings. The van der Waals surface area contributed by atoms with Crippen LogP contribution in [0.5, 0.6) is 0 Å². The van der Waals surface area contributed by atoms with Crippen LogP contribution in [-0.4, -0.2) is 57.3 Å². The smallest absolute Gasteiger partial charge is 0.249 e. The average Bonchev–Trinajstić information content (AvgIpc) is 3.06. The van der Waals surface area contributed by atoms with Crippen LogP contribution in [0.25, 0.3) is 0 Å². The number of rotatable bonds is 34. The van der Waals surface area contributed by atoms with Gasteiger partial charge < -0.3 is 25.7 Å². The maximum Gasteiger partial charge on any atom is 0.249 e. The number of allylic oxidation sites excluding steroid dienone is 6. The minimum atomic E-state index is -1.29. The monoisotopic (exact) mass is 650 g/mol. The Labute approximate surface area is 284 Å². The van der Waals surface area contributed by atoms with Crippen LogP contribution in [0, 0.1) is 0 Å². The summed E-state index contributed by atoms with van der Waals surface area (Å²) in [4.78, 5) is 12.4. The Morgan fingerprint density at radius 2 is 0.913 bits per heavy atom. The highest BCUT2D eigenvalue weighted by atomic mass is 16.3. The molecule has 5 N–H and O–H groups in total. The van der Waals surface area contributed by atoms with Crippen LogP contribution in [-0.2, 0) is 4.79 Å². The Hall–Kier alpha value is -1.47. The molecule has 0 aliphatic carbocycles. The van der Waals surface area contributed by atoms with E-state index in [1.54, 1.807) is 0 Å². The number of carbonyl (C=O) groups is 1. The van der Waals surface area contributed by atoms with Gasteiger partial charge in [0.1, 0.15) is 12.2 Å². The molecule has 0 fully saturated rings. The Morgan fingerprint density at radius 1 is 0.522 bits per heavy atom. The lowest BCUT2D eigenvalue weighted by atomic mass is 10.00. The van der Waals surface area contributed by atoms with E-state index in [-0.39, 0.29) is 0 Å². The lowest BCUT2D eigenvalue weighted by Crippen LogP contribution is -2.53. The number of hydrogen-bond donors (Lipinski definition) is 5. The van der Waals surface area contributed by atoms with Gasteiger partial charge >= 0.3 is 0 Å². The zero-order valence-corrected chi connectivity index (χ0v) is 30.1. The molecule has 0 heterocycles. The molecule has 0 aliphatic rings. The Morgan fingerprint density at radius 3 is 1.37 bits per heavy atom. The molecular weight excluding hydrogens is 574 g/mol. The highest BCUT2D eigenvalue weighted by Crippen LogP contribution is 2.13. The van der Waals surface area contributed by atoms with Crippen LogP contribution in [0.1, 0.15) is 181 Å². The fourth-order valence-corrected chi connectivity index (χ4v) is 5.65. The van der Waals surface area contributed by atoms with Gasteiger partial charge in [0.15, 0.2) is 0 Å². The summed E-state index contributed by atoms with van der Waals surface area (Å²) >= 11 is 0. The number of amides is 1. The van der Waals surface area contributed by atoms with Crippen molar-refractivity contribution in [3.05, 3.63) is 36.5 Å². The number of nitrogens with one attached hydrogen (secondary N) is 1. The van der Waals surface area contributed by atoms with Gasteiger partial charge in [-0.3, -0.25) is 4.79 Å². The summed E-state index contributed by atoms with van der Waals surface area (Å²) in [6, 6.07) is -1.01. The average molecular weight is 650 g/mol. The van der Waals surface area contributed by atoms with Crippen LogP contribution in [0.2, 0.25) is 0 Å². The zero-order chi connectivity index (χ0) is 33.9. The second kappa shape index (κ2) is 34.9. The van der Waals surface area contributed by atoms with Crippen LogP contribution in [0.15, 0.2) is 36.5 Å². The van der Waals surface area contributed by atoms with Crippen LogP contribution < -0.4 is 5.32 Å². The zero-order valence-electron chi connectivity index (χ0n) is 30.1. The third-order valence-corrected chi connectivity index (χ3v) is 8.80. The topological polar surface area (TPSA) is 110 Å². The van der Waals surface area contributed by atoms with Gasteiger partial charge in [-0.15, -0.1) is 0 Å². The summed E-state index contributed by atoms with van der Waals surface area (Å²) in [7, 11) is 0. The van der Waals surface area contributed by atoms with Gasteiger partial charge in [-0.25, -0.2) is 0 Å². The van der Waals surface area contributed by atoms with Gasteiger partial charge in [-0.1, -0.05) is 140 Å². The summed E-state index contributed by atoms with van der Waals surface area (Å²) < 4.78 is 0. The molecule has 1 amide bonds. The molecule has 0 saturated carbocycles. The normalized spacial score (nSPS) is 14.8. The first-order valence-electron chi connectivity index (χ1n) is 19.4. The van der Waals surface area contributed by atoms with Gasteiger partial charge in [0.05, 0.1) is 18.8 Å². The summed E-state index contributed by atoms with van der Waals surface area (Å²) in [5, 5.41) is 43.4. The molecule has 270 valence electrons. The third kappa shape index (κ3) is 28.7.